The van der Waals surface area contributed by atoms with E-state index in [2.05, 4.69) is 16.9 Å². The molecule has 0 saturated heterocycles. The van der Waals surface area contributed by atoms with Crippen LogP contribution in [0.4, 0.5) is 0 Å². The van der Waals surface area contributed by atoms with Crippen LogP contribution in [0.1, 0.15) is 42.5 Å². The van der Waals surface area contributed by atoms with E-state index in [0.29, 0.717) is 5.56 Å². The summed E-state index contributed by atoms with van der Waals surface area (Å²) in [7, 11) is 0. The van der Waals surface area contributed by atoms with Crippen molar-refractivity contribution in [1.29, 1.82) is 0 Å². The minimum atomic E-state index is -1.97. The molecular weight excluding hydrogens is 397 g/mol. The number of hydrogen-bond donors (Lipinski definition) is 1. The average Bonchev–Trinajstić information content (AvgIpc) is 2.64. The number of pyridine rings is 1. The van der Waals surface area contributed by atoms with Gasteiger partial charge in [-0.25, -0.2) is 0 Å². The predicted octanol–water partition coefficient (Wildman–Crippen LogP) is 3.90. The molecule has 142 valence electrons. The molecule has 1 atom stereocenters. The summed E-state index contributed by atoms with van der Waals surface area (Å²) < 4.78 is -1.97. The topological polar surface area (TPSA) is 62.3 Å². The van der Waals surface area contributed by atoms with Gasteiger partial charge in [-0.1, -0.05) is 60.1 Å². The van der Waals surface area contributed by atoms with Crippen molar-refractivity contribution in [3.05, 3.63) is 42.7 Å². The fourth-order valence-electron chi connectivity index (χ4n) is 3.19. The molecule has 1 aliphatic carbocycles. The number of nitrogens with one attached hydrogen (secondary N) is 1. The van der Waals surface area contributed by atoms with E-state index in [0.717, 1.165) is 32.1 Å². The number of hydrogen-bond acceptors (Lipinski definition) is 3. The van der Waals surface area contributed by atoms with Crippen LogP contribution in [0.5, 0.6) is 0 Å². The summed E-state index contributed by atoms with van der Waals surface area (Å²) in [4.78, 5) is 31.4. The van der Waals surface area contributed by atoms with Crippen LogP contribution in [0.25, 0.3) is 0 Å². The summed E-state index contributed by atoms with van der Waals surface area (Å²) in [5.41, 5.74) is 0.355. The van der Waals surface area contributed by atoms with Gasteiger partial charge in [0.25, 0.3) is 5.91 Å². The first kappa shape index (κ1) is 21.0. The predicted molar refractivity (Wildman–Crippen MR) is 105 cm³/mol. The highest BCUT2D eigenvalue weighted by atomic mass is 35.6. The molecule has 1 heterocycles. The quantitative estimate of drug-likeness (QED) is 0.563. The molecule has 1 unspecified atom stereocenters. The first-order chi connectivity index (χ1) is 12.4. The van der Waals surface area contributed by atoms with Crippen LogP contribution < -0.4 is 5.32 Å². The minimum Gasteiger partial charge on any atom is -0.351 e. The second kappa shape index (κ2) is 9.58. The second-order valence-electron chi connectivity index (χ2n) is 6.22. The van der Waals surface area contributed by atoms with Crippen molar-refractivity contribution in [3.8, 4) is 0 Å². The molecule has 0 aliphatic heterocycles. The van der Waals surface area contributed by atoms with E-state index in [1.54, 1.807) is 18.3 Å². The van der Waals surface area contributed by atoms with Crippen molar-refractivity contribution in [1.82, 2.24) is 15.2 Å². The van der Waals surface area contributed by atoms with E-state index in [4.69, 9.17) is 34.8 Å². The van der Waals surface area contributed by atoms with Gasteiger partial charge in [0.05, 0.1) is 5.56 Å². The standard InChI is InChI=1S/C18H22Cl3N3O2/c1-2-10-23-16(25)15(18(19,20)21)24(14-8-4-3-5-9-14)17(26)13-7-6-11-22-12-13/h2,6-7,11-12,14-15H,1,3-5,8-10H2,(H,23,25). The Morgan fingerprint density at radius 3 is 2.58 bits per heavy atom. The maximum absolute atomic E-state index is 13.2. The number of aromatic nitrogens is 1. The van der Waals surface area contributed by atoms with Crippen LogP contribution in [0.15, 0.2) is 37.2 Å². The van der Waals surface area contributed by atoms with Crippen LogP contribution in [-0.2, 0) is 4.79 Å². The molecule has 0 spiro atoms. The van der Waals surface area contributed by atoms with Crippen molar-refractivity contribution >= 4 is 46.6 Å². The zero-order chi connectivity index (χ0) is 19.2. The zero-order valence-corrected chi connectivity index (χ0v) is 16.6. The van der Waals surface area contributed by atoms with E-state index in [1.807, 2.05) is 0 Å². The molecule has 0 bridgehead atoms. The van der Waals surface area contributed by atoms with Crippen molar-refractivity contribution in [2.75, 3.05) is 6.54 Å². The van der Waals surface area contributed by atoms with Crippen LogP contribution in [0, 0.1) is 0 Å². The smallest absolute Gasteiger partial charge is 0.256 e. The molecule has 1 aliphatic rings. The number of amides is 2. The third-order valence-corrected chi connectivity index (χ3v) is 4.99. The molecule has 0 radical (unpaired) electrons. The van der Waals surface area contributed by atoms with Gasteiger partial charge in [0, 0.05) is 25.0 Å². The van der Waals surface area contributed by atoms with Gasteiger partial charge in [-0.2, -0.15) is 0 Å². The van der Waals surface area contributed by atoms with E-state index in [-0.39, 0.29) is 18.5 Å². The van der Waals surface area contributed by atoms with Gasteiger partial charge in [0.2, 0.25) is 9.70 Å². The van der Waals surface area contributed by atoms with Crippen molar-refractivity contribution < 1.29 is 9.59 Å². The van der Waals surface area contributed by atoms with Gasteiger partial charge < -0.3 is 10.2 Å². The van der Waals surface area contributed by atoms with Gasteiger partial charge >= 0.3 is 0 Å². The monoisotopic (exact) mass is 417 g/mol. The summed E-state index contributed by atoms with van der Waals surface area (Å²) >= 11 is 18.5. The fraction of sp³-hybridized carbons (Fsp3) is 0.500. The molecule has 8 heteroatoms. The molecule has 1 aromatic rings. The summed E-state index contributed by atoms with van der Waals surface area (Å²) in [5, 5.41) is 2.65. The minimum absolute atomic E-state index is 0.174. The highest BCUT2D eigenvalue weighted by Gasteiger charge is 2.47. The lowest BCUT2D eigenvalue weighted by Gasteiger charge is -2.41. The van der Waals surface area contributed by atoms with E-state index >= 15 is 0 Å². The van der Waals surface area contributed by atoms with Gasteiger partial charge in [-0.05, 0) is 25.0 Å². The Labute approximate surface area is 168 Å². The van der Waals surface area contributed by atoms with Gasteiger partial charge in [-0.15, -0.1) is 6.58 Å². The van der Waals surface area contributed by atoms with Gasteiger partial charge in [-0.3, -0.25) is 14.6 Å². The molecule has 1 fully saturated rings. The summed E-state index contributed by atoms with van der Waals surface area (Å²) in [5.74, 6) is -0.886. The molecule has 2 rings (SSSR count). The Kier molecular flexibility index (Phi) is 7.74. The lowest BCUT2D eigenvalue weighted by Crippen LogP contribution is -2.59. The Morgan fingerprint density at radius 2 is 2.04 bits per heavy atom. The van der Waals surface area contributed by atoms with Gasteiger partial charge in [0.15, 0.2) is 6.04 Å². The Bertz CT molecular complexity index is 628. The Balaban J connectivity index is 2.42. The first-order valence-electron chi connectivity index (χ1n) is 8.54. The summed E-state index contributed by atoms with van der Waals surface area (Å²) in [6.07, 6.45) is 9.09. The Morgan fingerprint density at radius 1 is 1.35 bits per heavy atom. The molecule has 0 aromatic carbocycles. The maximum atomic E-state index is 13.2. The molecule has 2 amide bonds. The lowest BCUT2D eigenvalue weighted by atomic mass is 9.92. The van der Waals surface area contributed by atoms with Crippen LogP contribution in [0.3, 0.4) is 0 Å². The molecule has 1 saturated carbocycles. The normalized spacial score (nSPS) is 16.6. The average molecular weight is 419 g/mol. The number of rotatable bonds is 6. The molecular formula is C18H22Cl3N3O2. The summed E-state index contributed by atoms with van der Waals surface area (Å²) in [6.45, 7) is 3.79. The van der Waals surface area contributed by atoms with E-state index in [9.17, 15) is 9.59 Å². The molecule has 1 N–H and O–H groups in total. The largest absolute Gasteiger partial charge is 0.351 e. The molecule has 5 nitrogen and oxygen atoms in total. The SMILES string of the molecule is C=CCNC(=O)C(N(C(=O)c1cccnc1)C1CCCCC1)C(Cl)(Cl)Cl. The Hall–Kier alpha value is -1.30. The second-order valence-corrected chi connectivity index (χ2v) is 8.59. The maximum Gasteiger partial charge on any atom is 0.256 e. The highest BCUT2D eigenvalue weighted by Crippen LogP contribution is 2.37. The number of nitrogens with zero attached hydrogens (tertiary/aromatic N) is 2. The van der Waals surface area contributed by atoms with Crippen molar-refractivity contribution in [2.45, 2.75) is 48.0 Å². The van der Waals surface area contributed by atoms with Crippen LogP contribution >= 0.6 is 34.8 Å². The third-order valence-electron chi connectivity index (χ3n) is 4.37. The third kappa shape index (κ3) is 5.35. The molecule has 1 aromatic heterocycles. The lowest BCUT2D eigenvalue weighted by molar-refractivity contribution is -0.126. The van der Waals surface area contributed by atoms with E-state index < -0.39 is 15.7 Å². The van der Waals surface area contributed by atoms with Crippen LogP contribution in [0.2, 0.25) is 0 Å². The number of carbonyl (C=O) groups excluding carboxylic acids is 2. The van der Waals surface area contributed by atoms with Gasteiger partial charge in [0.1, 0.15) is 0 Å². The van der Waals surface area contributed by atoms with Crippen molar-refractivity contribution in [2.24, 2.45) is 0 Å². The zero-order valence-electron chi connectivity index (χ0n) is 14.3. The first-order valence-corrected chi connectivity index (χ1v) is 9.67. The van der Waals surface area contributed by atoms with Crippen LogP contribution in [-0.4, -0.2) is 44.1 Å². The highest BCUT2D eigenvalue weighted by molar-refractivity contribution is 6.69. The number of halogens is 3. The summed E-state index contributed by atoms with van der Waals surface area (Å²) in [6, 6.07) is 1.88. The van der Waals surface area contributed by atoms with E-state index in [1.165, 1.54) is 17.2 Å². The number of carbonyl (C=O) groups is 2. The number of alkyl halides is 3. The molecule has 26 heavy (non-hydrogen) atoms. The van der Waals surface area contributed by atoms with Crippen molar-refractivity contribution in [3.63, 3.8) is 0 Å². The fourth-order valence-corrected chi connectivity index (χ4v) is 3.81.